The molecule has 0 saturated carbocycles. The van der Waals surface area contributed by atoms with Crippen LogP contribution in [0.25, 0.3) is 10.2 Å². The first-order valence-corrected chi connectivity index (χ1v) is 15.8. The lowest BCUT2D eigenvalue weighted by molar-refractivity contribution is 0.0997. The maximum Gasteiger partial charge on any atom is 0.279 e. The normalized spacial score (nSPS) is 14.8. The summed E-state index contributed by atoms with van der Waals surface area (Å²) in [7, 11) is -7.14. The van der Waals surface area contributed by atoms with Gasteiger partial charge >= 0.3 is 0 Å². The Morgan fingerprint density at radius 2 is 1.68 bits per heavy atom. The van der Waals surface area contributed by atoms with E-state index < -0.39 is 25.8 Å². The Hall–Kier alpha value is -3.56. The van der Waals surface area contributed by atoms with Gasteiger partial charge in [-0.1, -0.05) is 41.5 Å². The molecule has 0 atom stereocenters. The van der Waals surface area contributed by atoms with Gasteiger partial charge in [-0.3, -0.25) is 4.79 Å². The lowest BCUT2D eigenvalue weighted by atomic mass is 10.0. The van der Waals surface area contributed by atoms with Crippen molar-refractivity contribution in [2.75, 3.05) is 12.8 Å². The summed E-state index contributed by atoms with van der Waals surface area (Å²) < 4.78 is 54.1. The van der Waals surface area contributed by atoms with Crippen LogP contribution in [0, 0.1) is 12.3 Å². The number of hydrogen-bond acceptors (Lipinski definition) is 6. The van der Waals surface area contributed by atoms with E-state index in [1.54, 1.807) is 10.6 Å². The van der Waals surface area contributed by atoms with E-state index in [1.807, 2.05) is 24.3 Å². The molecule has 0 aliphatic carbocycles. The van der Waals surface area contributed by atoms with Gasteiger partial charge in [0.1, 0.15) is 0 Å². The van der Waals surface area contributed by atoms with E-state index in [9.17, 15) is 21.6 Å². The molecule has 1 aromatic heterocycles. The average Bonchev–Trinajstić information content (AvgIpc) is 3.24. The van der Waals surface area contributed by atoms with Crippen molar-refractivity contribution < 1.29 is 21.6 Å². The molecule has 0 bridgehead atoms. The van der Waals surface area contributed by atoms with Crippen molar-refractivity contribution in [2.24, 2.45) is 4.99 Å². The van der Waals surface area contributed by atoms with Crippen molar-refractivity contribution in [1.29, 1.82) is 0 Å². The van der Waals surface area contributed by atoms with Crippen LogP contribution >= 0.6 is 11.3 Å². The first-order valence-electron chi connectivity index (χ1n) is 11.6. The molecule has 0 fully saturated rings. The van der Waals surface area contributed by atoms with Gasteiger partial charge in [-0.25, -0.2) is 16.8 Å². The van der Waals surface area contributed by atoms with Crippen molar-refractivity contribution in [3.05, 3.63) is 88.2 Å². The molecule has 0 unspecified atom stereocenters. The quantitative estimate of drug-likeness (QED) is 0.346. The van der Waals surface area contributed by atoms with E-state index in [2.05, 4.69) is 10.9 Å². The van der Waals surface area contributed by atoms with E-state index in [0.717, 1.165) is 28.7 Å². The lowest BCUT2D eigenvalue weighted by Gasteiger charge is -2.28. The van der Waals surface area contributed by atoms with Crippen LogP contribution in [0.4, 0.5) is 0 Å². The molecule has 0 saturated heterocycles. The van der Waals surface area contributed by atoms with Gasteiger partial charge in [-0.05, 0) is 60.0 Å². The minimum atomic E-state index is -3.74. The molecular formula is C27H23N3O5S3. The first-order chi connectivity index (χ1) is 18.1. The predicted molar refractivity (Wildman–Crippen MR) is 146 cm³/mol. The lowest BCUT2D eigenvalue weighted by Crippen LogP contribution is -2.35. The number of thiazole rings is 1. The number of aromatic nitrogens is 1. The monoisotopic (exact) mass is 565 g/mol. The van der Waals surface area contributed by atoms with E-state index in [1.165, 1.54) is 40.7 Å². The number of amides is 1. The predicted octanol–water partition coefficient (Wildman–Crippen LogP) is 3.23. The number of terminal acetylenes is 1. The number of hydrogen-bond donors (Lipinski definition) is 0. The van der Waals surface area contributed by atoms with Gasteiger partial charge in [0.15, 0.2) is 14.6 Å². The van der Waals surface area contributed by atoms with Crippen LogP contribution in [0.3, 0.4) is 0 Å². The zero-order chi connectivity index (χ0) is 27.1. The van der Waals surface area contributed by atoms with Crippen molar-refractivity contribution in [3.8, 4) is 12.3 Å². The standard InChI is InChI=1S/C27H23N3O5S3/c1-3-15-30-24-13-12-23(37(2,32)33)17-25(24)36-27(30)28-26(31)20-8-10-22(11-9-20)38(34,35)29-16-14-19-6-4-5-7-21(19)18-29/h1,4-13,17H,14-16,18H2,2H3. The smallest absolute Gasteiger partial charge is 0.279 e. The van der Waals surface area contributed by atoms with E-state index >= 15 is 0 Å². The number of carbonyl (C=O) groups excluding carboxylic acids is 1. The van der Waals surface area contributed by atoms with Crippen LogP contribution in [-0.2, 0) is 39.4 Å². The number of fused-ring (bicyclic) bond motifs is 2. The van der Waals surface area contributed by atoms with E-state index in [-0.39, 0.29) is 21.9 Å². The third-order valence-corrected chi connectivity index (χ3v) is 10.4. The Bertz CT molecular complexity index is 1900. The Morgan fingerprint density at radius 1 is 1.00 bits per heavy atom. The van der Waals surface area contributed by atoms with Crippen LogP contribution in [0.15, 0.2) is 81.5 Å². The van der Waals surface area contributed by atoms with Crippen LogP contribution in [-0.4, -0.2) is 44.4 Å². The molecule has 2 heterocycles. The summed E-state index contributed by atoms with van der Waals surface area (Å²) in [6.07, 6.45) is 7.28. The minimum absolute atomic E-state index is 0.103. The number of nitrogens with zero attached hydrogens (tertiary/aromatic N) is 3. The van der Waals surface area contributed by atoms with E-state index in [4.69, 9.17) is 6.42 Å². The summed E-state index contributed by atoms with van der Waals surface area (Å²) >= 11 is 1.15. The summed E-state index contributed by atoms with van der Waals surface area (Å²) in [5.74, 6) is 1.96. The number of sulfonamides is 1. The first kappa shape index (κ1) is 26.1. The molecule has 8 nitrogen and oxygen atoms in total. The molecule has 1 amide bonds. The largest absolute Gasteiger partial charge is 0.305 e. The van der Waals surface area contributed by atoms with Crippen molar-refractivity contribution in [3.63, 3.8) is 0 Å². The van der Waals surface area contributed by atoms with Crippen molar-refractivity contribution in [1.82, 2.24) is 8.87 Å². The molecule has 5 rings (SSSR count). The topological polar surface area (TPSA) is 106 Å². The summed E-state index contributed by atoms with van der Waals surface area (Å²) in [5.41, 5.74) is 3.02. The number of rotatable bonds is 5. The molecule has 4 aromatic rings. The summed E-state index contributed by atoms with van der Waals surface area (Å²) in [6.45, 7) is 0.828. The fourth-order valence-electron chi connectivity index (χ4n) is 4.36. The van der Waals surface area contributed by atoms with Crippen LogP contribution in [0.2, 0.25) is 0 Å². The third kappa shape index (κ3) is 4.96. The molecular weight excluding hydrogens is 543 g/mol. The molecule has 38 heavy (non-hydrogen) atoms. The second-order valence-electron chi connectivity index (χ2n) is 8.88. The molecule has 11 heteroatoms. The SMILES string of the molecule is C#CCn1c(=NC(=O)c2ccc(S(=O)(=O)N3CCc4ccccc4C3)cc2)sc2cc(S(C)(=O)=O)ccc21. The second kappa shape index (κ2) is 9.96. The molecule has 0 N–H and O–H groups in total. The second-order valence-corrected chi connectivity index (χ2v) is 13.8. The fraction of sp³-hybridized carbons (Fsp3) is 0.185. The van der Waals surface area contributed by atoms with Gasteiger partial charge in [-0.2, -0.15) is 9.30 Å². The highest BCUT2D eigenvalue weighted by atomic mass is 32.2. The van der Waals surface area contributed by atoms with Gasteiger partial charge in [-0.15, -0.1) is 6.42 Å². The summed E-state index contributed by atoms with van der Waals surface area (Å²) in [6, 6.07) is 18.2. The highest BCUT2D eigenvalue weighted by molar-refractivity contribution is 7.90. The molecule has 0 radical (unpaired) electrons. The fourth-order valence-corrected chi connectivity index (χ4v) is 7.57. The highest BCUT2D eigenvalue weighted by Gasteiger charge is 2.28. The molecule has 1 aliphatic heterocycles. The van der Waals surface area contributed by atoms with Crippen molar-refractivity contribution in [2.45, 2.75) is 29.3 Å². The van der Waals surface area contributed by atoms with Gasteiger partial charge in [0.05, 0.1) is 26.6 Å². The van der Waals surface area contributed by atoms with Gasteiger partial charge in [0, 0.05) is 24.9 Å². The molecule has 3 aromatic carbocycles. The van der Waals surface area contributed by atoms with Gasteiger partial charge < -0.3 is 4.57 Å². The molecule has 1 aliphatic rings. The summed E-state index contributed by atoms with van der Waals surface area (Å²) in [4.78, 5) is 17.8. The zero-order valence-electron chi connectivity index (χ0n) is 20.4. The summed E-state index contributed by atoms with van der Waals surface area (Å²) in [5, 5.41) is 0. The third-order valence-electron chi connectivity index (χ3n) is 6.36. The molecule has 0 spiro atoms. The Morgan fingerprint density at radius 3 is 2.37 bits per heavy atom. The number of sulfone groups is 1. The van der Waals surface area contributed by atoms with Crippen LogP contribution in [0.1, 0.15) is 21.5 Å². The Kier molecular flexibility index (Phi) is 6.83. The maximum atomic E-state index is 13.2. The van der Waals surface area contributed by atoms with Gasteiger partial charge in [0.25, 0.3) is 5.91 Å². The van der Waals surface area contributed by atoms with E-state index in [0.29, 0.717) is 34.5 Å². The zero-order valence-corrected chi connectivity index (χ0v) is 22.8. The van der Waals surface area contributed by atoms with Crippen molar-refractivity contribution >= 4 is 47.3 Å². The Labute approximate surface area is 224 Å². The minimum Gasteiger partial charge on any atom is -0.305 e. The van der Waals surface area contributed by atoms with Crippen LogP contribution in [0.5, 0.6) is 0 Å². The van der Waals surface area contributed by atoms with Crippen LogP contribution < -0.4 is 4.80 Å². The Balaban J connectivity index is 1.44. The number of benzene rings is 3. The van der Waals surface area contributed by atoms with Gasteiger partial charge in [0.2, 0.25) is 10.0 Å². The molecule has 194 valence electrons. The maximum absolute atomic E-state index is 13.2. The average molecular weight is 566 g/mol. The number of carbonyl (C=O) groups is 1. The highest BCUT2D eigenvalue weighted by Crippen LogP contribution is 2.25.